The second-order valence-electron chi connectivity index (χ2n) is 6.26. The third kappa shape index (κ3) is 6.27. The number of aliphatic imine (C=N–C) groups is 1. The van der Waals surface area contributed by atoms with Crippen molar-refractivity contribution in [2.24, 2.45) is 4.99 Å². The summed E-state index contributed by atoms with van der Waals surface area (Å²) in [6.45, 7) is 7.44. The van der Waals surface area contributed by atoms with Crippen molar-refractivity contribution in [1.82, 2.24) is 15.2 Å². The Bertz CT molecular complexity index is 702. The average Bonchev–Trinajstić information content (AvgIpc) is 3.19. The number of rotatable bonds is 6. The molecule has 2 aromatic heterocycles. The van der Waals surface area contributed by atoms with Gasteiger partial charge in [-0.15, -0.1) is 24.0 Å². The van der Waals surface area contributed by atoms with Crippen LogP contribution in [-0.4, -0.2) is 55.1 Å². The van der Waals surface area contributed by atoms with Gasteiger partial charge >= 0.3 is 0 Å². The molecule has 8 heteroatoms. The van der Waals surface area contributed by atoms with Gasteiger partial charge in [0.2, 0.25) is 0 Å². The minimum Gasteiger partial charge on any atom is -0.469 e. The molecule has 0 aliphatic carbocycles. The predicted molar refractivity (Wildman–Crippen MR) is 121 cm³/mol. The summed E-state index contributed by atoms with van der Waals surface area (Å²) in [5.41, 5.74) is 1.05. The van der Waals surface area contributed by atoms with Crippen LogP contribution in [0.5, 0.6) is 0 Å². The smallest absolute Gasteiger partial charge is 0.194 e. The van der Waals surface area contributed by atoms with Crippen LogP contribution in [0, 0.1) is 0 Å². The summed E-state index contributed by atoms with van der Waals surface area (Å²) in [6.07, 6.45) is 7.09. The Kier molecular flexibility index (Phi) is 9.20. The number of hydrogen-bond acceptors (Lipinski definition) is 4. The minimum atomic E-state index is 0. The average molecular weight is 504 g/mol. The molecule has 0 bridgehead atoms. The van der Waals surface area contributed by atoms with Crippen molar-refractivity contribution in [3.8, 4) is 0 Å². The molecular formula is C19H27ClIN5O. The number of aromatic nitrogens is 1. The van der Waals surface area contributed by atoms with E-state index in [2.05, 4.69) is 27.0 Å². The molecule has 3 heterocycles. The number of anilines is 1. The van der Waals surface area contributed by atoms with Gasteiger partial charge in [0, 0.05) is 58.1 Å². The van der Waals surface area contributed by atoms with Gasteiger partial charge in [-0.3, -0.25) is 9.98 Å². The third-order valence-electron chi connectivity index (χ3n) is 4.39. The Hall–Kier alpha value is -1.48. The molecular weight excluding hydrogens is 477 g/mol. The summed E-state index contributed by atoms with van der Waals surface area (Å²) in [6, 6.07) is 5.90. The van der Waals surface area contributed by atoms with Crippen molar-refractivity contribution in [2.45, 2.75) is 19.8 Å². The van der Waals surface area contributed by atoms with E-state index in [0.717, 1.165) is 69.5 Å². The molecule has 0 spiro atoms. The Labute approximate surface area is 183 Å². The van der Waals surface area contributed by atoms with Crippen molar-refractivity contribution >= 4 is 47.2 Å². The molecule has 6 nitrogen and oxygen atoms in total. The standard InChI is InChI=1S/C19H26ClN5O.HI/c1-2-7-22-19(23-9-5-16-4-3-14-26-16)25-12-10-24(11-13-25)18-6-8-21-15-17(18)20;/h3-4,6,8,14-15H,2,5,7,9-13H2,1H3,(H,22,23);1H. The fourth-order valence-electron chi connectivity index (χ4n) is 3.02. The van der Waals surface area contributed by atoms with Crippen LogP contribution >= 0.6 is 35.6 Å². The molecule has 1 fully saturated rings. The van der Waals surface area contributed by atoms with E-state index >= 15 is 0 Å². The summed E-state index contributed by atoms with van der Waals surface area (Å²) in [7, 11) is 0. The normalized spacial score (nSPS) is 14.8. The summed E-state index contributed by atoms with van der Waals surface area (Å²) in [5, 5.41) is 4.20. The molecule has 0 amide bonds. The number of nitrogens with one attached hydrogen (secondary N) is 1. The molecule has 148 valence electrons. The van der Waals surface area contributed by atoms with Crippen LogP contribution < -0.4 is 10.2 Å². The van der Waals surface area contributed by atoms with E-state index in [9.17, 15) is 0 Å². The van der Waals surface area contributed by atoms with Gasteiger partial charge in [0.05, 0.1) is 17.0 Å². The summed E-state index contributed by atoms with van der Waals surface area (Å²) in [5.74, 6) is 1.98. The molecule has 0 aromatic carbocycles. The van der Waals surface area contributed by atoms with Gasteiger partial charge in [-0.05, 0) is 24.6 Å². The first kappa shape index (κ1) is 21.8. The molecule has 3 rings (SSSR count). The molecule has 27 heavy (non-hydrogen) atoms. The van der Waals surface area contributed by atoms with Gasteiger partial charge in [0.15, 0.2) is 5.96 Å². The van der Waals surface area contributed by atoms with Crippen LogP contribution in [0.1, 0.15) is 19.1 Å². The monoisotopic (exact) mass is 503 g/mol. The number of pyridine rings is 1. The van der Waals surface area contributed by atoms with Gasteiger partial charge in [-0.25, -0.2) is 0 Å². The first-order valence-electron chi connectivity index (χ1n) is 9.18. The Morgan fingerprint density at radius 1 is 1.30 bits per heavy atom. The van der Waals surface area contributed by atoms with E-state index in [1.165, 1.54) is 0 Å². The van der Waals surface area contributed by atoms with Crippen LogP contribution in [0.15, 0.2) is 46.3 Å². The van der Waals surface area contributed by atoms with Gasteiger partial charge < -0.3 is 19.5 Å². The molecule has 0 saturated carbocycles. The van der Waals surface area contributed by atoms with Gasteiger partial charge in [-0.2, -0.15) is 0 Å². The van der Waals surface area contributed by atoms with Crippen LogP contribution in [0.25, 0.3) is 0 Å². The topological polar surface area (TPSA) is 56.9 Å². The predicted octanol–water partition coefficient (Wildman–Crippen LogP) is 3.67. The van der Waals surface area contributed by atoms with Crippen molar-refractivity contribution < 1.29 is 4.42 Å². The minimum absolute atomic E-state index is 0. The zero-order valence-corrected chi connectivity index (χ0v) is 18.7. The zero-order valence-electron chi connectivity index (χ0n) is 15.6. The fraction of sp³-hybridized carbons (Fsp3) is 0.474. The zero-order chi connectivity index (χ0) is 18.2. The highest BCUT2D eigenvalue weighted by Crippen LogP contribution is 2.25. The quantitative estimate of drug-likeness (QED) is 0.370. The van der Waals surface area contributed by atoms with Crippen LogP contribution in [0.2, 0.25) is 5.02 Å². The van der Waals surface area contributed by atoms with E-state index in [-0.39, 0.29) is 24.0 Å². The Balaban J connectivity index is 0.00000261. The van der Waals surface area contributed by atoms with E-state index in [0.29, 0.717) is 5.02 Å². The highest BCUT2D eigenvalue weighted by Gasteiger charge is 2.21. The van der Waals surface area contributed by atoms with Crippen molar-refractivity contribution in [1.29, 1.82) is 0 Å². The van der Waals surface area contributed by atoms with Crippen LogP contribution in [0.3, 0.4) is 0 Å². The number of nitrogens with zero attached hydrogens (tertiary/aromatic N) is 4. The van der Waals surface area contributed by atoms with Gasteiger partial charge in [-0.1, -0.05) is 18.5 Å². The fourth-order valence-corrected chi connectivity index (χ4v) is 3.26. The largest absolute Gasteiger partial charge is 0.469 e. The molecule has 0 atom stereocenters. The summed E-state index contributed by atoms with van der Waals surface area (Å²) in [4.78, 5) is 13.4. The molecule has 1 aliphatic rings. The first-order chi connectivity index (χ1) is 12.8. The summed E-state index contributed by atoms with van der Waals surface area (Å²) >= 11 is 6.28. The SMILES string of the molecule is CCCN=C(NCCc1ccco1)N1CCN(c2ccncc2Cl)CC1.I. The highest BCUT2D eigenvalue weighted by atomic mass is 127. The van der Waals surface area contributed by atoms with Crippen molar-refractivity contribution in [3.05, 3.63) is 47.6 Å². The number of furan rings is 1. The third-order valence-corrected chi connectivity index (χ3v) is 4.68. The molecule has 0 radical (unpaired) electrons. The molecule has 1 aliphatic heterocycles. The van der Waals surface area contributed by atoms with E-state index in [1.54, 1.807) is 18.7 Å². The lowest BCUT2D eigenvalue weighted by molar-refractivity contribution is 0.371. The number of halogens is 2. The number of guanidine groups is 1. The lowest BCUT2D eigenvalue weighted by Crippen LogP contribution is -2.53. The van der Waals surface area contributed by atoms with Gasteiger partial charge in [0.1, 0.15) is 5.76 Å². The summed E-state index contributed by atoms with van der Waals surface area (Å²) < 4.78 is 5.40. The van der Waals surface area contributed by atoms with E-state index in [1.807, 2.05) is 18.2 Å². The maximum atomic E-state index is 6.28. The first-order valence-corrected chi connectivity index (χ1v) is 9.56. The van der Waals surface area contributed by atoms with Crippen LogP contribution in [-0.2, 0) is 6.42 Å². The van der Waals surface area contributed by atoms with Crippen molar-refractivity contribution in [2.75, 3.05) is 44.2 Å². The molecule has 0 unspecified atom stereocenters. The molecule has 1 saturated heterocycles. The number of hydrogen-bond donors (Lipinski definition) is 1. The second kappa shape index (κ2) is 11.4. The second-order valence-corrected chi connectivity index (χ2v) is 6.67. The van der Waals surface area contributed by atoms with E-state index in [4.69, 9.17) is 21.0 Å². The molecule has 2 aromatic rings. The lowest BCUT2D eigenvalue weighted by Gasteiger charge is -2.38. The Morgan fingerprint density at radius 2 is 2.11 bits per heavy atom. The maximum Gasteiger partial charge on any atom is 0.194 e. The lowest BCUT2D eigenvalue weighted by atomic mass is 10.2. The van der Waals surface area contributed by atoms with Crippen LogP contribution in [0.4, 0.5) is 5.69 Å². The highest BCUT2D eigenvalue weighted by molar-refractivity contribution is 14.0. The van der Waals surface area contributed by atoms with Gasteiger partial charge in [0.25, 0.3) is 0 Å². The maximum absolute atomic E-state index is 6.28. The van der Waals surface area contributed by atoms with Crippen molar-refractivity contribution in [3.63, 3.8) is 0 Å². The Morgan fingerprint density at radius 3 is 2.78 bits per heavy atom. The van der Waals surface area contributed by atoms with E-state index < -0.39 is 0 Å². The number of piperazine rings is 1. The molecule has 1 N–H and O–H groups in total.